The molecule has 20 heavy (non-hydrogen) atoms. The lowest BCUT2D eigenvalue weighted by Crippen LogP contribution is -2.16. The molecule has 0 amide bonds. The van der Waals surface area contributed by atoms with Crippen LogP contribution in [0.5, 0.6) is 0 Å². The van der Waals surface area contributed by atoms with E-state index in [0.29, 0.717) is 16.2 Å². The molecule has 5 nitrogen and oxygen atoms in total. The van der Waals surface area contributed by atoms with Gasteiger partial charge in [-0.3, -0.25) is 14.5 Å². The monoisotopic (exact) mass is 290 g/mol. The van der Waals surface area contributed by atoms with Crippen LogP contribution in [-0.4, -0.2) is 19.7 Å². The second kappa shape index (κ2) is 5.01. The van der Waals surface area contributed by atoms with E-state index in [1.807, 2.05) is 10.6 Å². The predicted octanol–water partition coefficient (Wildman–Crippen LogP) is 2.76. The minimum Gasteiger partial charge on any atom is -0.325 e. The summed E-state index contributed by atoms with van der Waals surface area (Å²) in [5.74, 6) is 0.639. The number of aryl methyl sites for hydroxylation is 2. The molecule has 0 radical (unpaired) electrons. The molecule has 106 valence electrons. The molecule has 0 bridgehead atoms. The molecule has 2 aromatic rings. The maximum atomic E-state index is 12.3. The van der Waals surface area contributed by atoms with Crippen LogP contribution >= 0.6 is 12.2 Å². The van der Waals surface area contributed by atoms with Gasteiger partial charge in [-0.05, 0) is 56.5 Å². The van der Waals surface area contributed by atoms with Gasteiger partial charge in [-0.15, -0.1) is 0 Å². The first-order chi connectivity index (χ1) is 9.61. The third-order valence-corrected chi connectivity index (χ3v) is 4.35. The third-order valence-electron chi connectivity index (χ3n) is 4.07. The van der Waals surface area contributed by atoms with Crippen molar-refractivity contribution in [2.24, 2.45) is 0 Å². The van der Waals surface area contributed by atoms with Crippen molar-refractivity contribution in [3.8, 4) is 11.4 Å². The van der Waals surface area contributed by atoms with Crippen LogP contribution in [0, 0.1) is 4.77 Å². The summed E-state index contributed by atoms with van der Waals surface area (Å²) in [5.41, 5.74) is 2.83. The highest BCUT2D eigenvalue weighted by atomic mass is 32.1. The summed E-state index contributed by atoms with van der Waals surface area (Å²) in [6, 6.07) is 2.19. The molecule has 0 aromatic carbocycles. The van der Waals surface area contributed by atoms with Gasteiger partial charge in [0.1, 0.15) is 0 Å². The van der Waals surface area contributed by atoms with Crippen LogP contribution in [0.25, 0.3) is 11.4 Å². The SMILES string of the molecule is CCC(C)n1c(-c2cc3c([nH]c2=O)CCC3)n[nH]c1=S. The van der Waals surface area contributed by atoms with Gasteiger partial charge in [0.15, 0.2) is 10.6 Å². The number of aromatic nitrogens is 4. The summed E-state index contributed by atoms with van der Waals surface area (Å²) in [6.45, 7) is 4.17. The van der Waals surface area contributed by atoms with E-state index < -0.39 is 0 Å². The molecule has 3 rings (SSSR count). The molecule has 0 aliphatic heterocycles. The second-order valence-electron chi connectivity index (χ2n) is 5.35. The minimum atomic E-state index is -0.0794. The summed E-state index contributed by atoms with van der Waals surface area (Å²) >= 11 is 5.29. The van der Waals surface area contributed by atoms with E-state index in [9.17, 15) is 4.79 Å². The number of nitrogens with one attached hydrogen (secondary N) is 2. The highest BCUT2D eigenvalue weighted by Gasteiger charge is 2.20. The topological polar surface area (TPSA) is 66.5 Å². The van der Waals surface area contributed by atoms with Gasteiger partial charge in [0.05, 0.1) is 5.56 Å². The Labute approximate surface area is 122 Å². The van der Waals surface area contributed by atoms with E-state index in [1.54, 1.807) is 0 Å². The average molecular weight is 290 g/mol. The van der Waals surface area contributed by atoms with Crippen LogP contribution in [0.15, 0.2) is 10.9 Å². The number of H-pyrrole nitrogens is 2. The highest BCUT2D eigenvalue weighted by molar-refractivity contribution is 7.71. The van der Waals surface area contributed by atoms with E-state index >= 15 is 0 Å². The Morgan fingerprint density at radius 1 is 1.50 bits per heavy atom. The number of nitrogens with zero attached hydrogens (tertiary/aromatic N) is 2. The first-order valence-electron chi connectivity index (χ1n) is 7.04. The number of rotatable bonds is 3. The molecule has 1 unspecified atom stereocenters. The first kappa shape index (κ1) is 13.3. The Bertz CT molecular complexity index is 755. The Morgan fingerprint density at radius 3 is 3.05 bits per heavy atom. The number of fused-ring (bicyclic) bond motifs is 1. The number of hydrogen-bond acceptors (Lipinski definition) is 3. The van der Waals surface area contributed by atoms with Crippen molar-refractivity contribution in [2.75, 3.05) is 0 Å². The fraction of sp³-hybridized carbons (Fsp3) is 0.500. The Morgan fingerprint density at radius 2 is 2.30 bits per heavy atom. The van der Waals surface area contributed by atoms with Gasteiger partial charge in [-0.2, -0.15) is 5.10 Å². The van der Waals surface area contributed by atoms with Crippen LogP contribution < -0.4 is 5.56 Å². The lowest BCUT2D eigenvalue weighted by molar-refractivity contribution is 0.528. The van der Waals surface area contributed by atoms with Crippen LogP contribution in [0.3, 0.4) is 0 Å². The molecular weight excluding hydrogens is 272 g/mol. The molecule has 1 aliphatic carbocycles. The molecule has 6 heteroatoms. The van der Waals surface area contributed by atoms with Crippen molar-refractivity contribution in [3.05, 3.63) is 32.4 Å². The van der Waals surface area contributed by atoms with E-state index in [0.717, 1.165) is 31.4 Å². The fourth-order valence-corrected chi connectivity index (χ4v) is 3.08. The van der Waals surface area contributed by atoms with Gasteiger partial charge in [-0.1, -0.05) is 6.92 Å². The zero-order valence-corrected chi connectivity index (χ0v) is 12.5. The zero-order valence-electron chi connectivity index (χ0n) is 11.7. The van der Waals surface area contributed by atoms with Crippen LogP contribution in [0.4, 0.5) is 0 Å². The van der Waals surface area contributed by atoms with E-state index in [1.165, 1.54) is 5.56 Å². The Balaban J connectivity index is 2.20. The molecule has 0 spiro atoms. The van der Waals surface area contributed by atoms with Crippen molar-refractivity contribution in [1.29, 1.82) is 0 Å². The smallest absolute Gasteiger partial charge is 0.259 e. The first-order valence-corrected chi connectivity index (χ1v) is 7.45. The lowest BCUT2D eigenvalue weighted by Gasteiger charge is -2.13. The van der Waals surface area contributed by atoms with Gasteiger partial charge < -0.3 is 4.98 Å². The predicted molar refractivity (Wildman–Crippen MR) is 80.5 cm³/mol. The molecule has 1 aliphatic rings. The molecular formula is C14H18N4OS. The van der Waals surface area contributed by atoms with Gasteiger partial charge in [0, 0.05) is 11.7 Å². The van der Waals surface area contributed by atoms with Gasteiger partial charge >= 0.3 is 0 Å². The maximum Gasteiger partial charge on any atom is 0.259 e. The van der Waals surface area contributed by atoms with Crippen molar-refractivity contribution < 1.29 is 0 Å². The van der Waals surface area contributed by atoms with Crippen molar-refractivity contribution >= 4 is 12.2 Å². The Kier molecular flexibility index (Phi) is 3.33. The van der Waals surface area contributed by atoms with E-state index in [2.05, 4.69) is 29.0 Å². The quantitative estimate of drug-likeness (QED) is 0.854. The minimum absolute atomic E-state index is 0.0794. The molecule has 0 saturated heterocycles. The number of hydrogen-bond donors (Lipinski definition) is 2. The van der Waals surface area contributed by atoms with Crippen LogP contribution in [0.2, 0.25) is 0 Å². The molecule has 2 aromatic heterocycles. The van der Waals surface area contributed by atoms with Gasteiger partial charge in [-0.25, -0.2) is 0 Å². The number of aromatic amines is 2. The molecule has 2 N–H and O–H groups in total. The van der Waals surface area contributed by atoms with E-state index in [4.69, 9.17) is 12.2 Å². The molecule has 0 fully saturated rings. The summed E-state index contributed by atoms with van der Waals surface area (Å²) < 4.78 is 2.50. The molecule has 2 heterocycles. The average Bonchev–Trinajstić information content (AvgIpc) is 3.02. The highest BCUT2D eigenvalue weighted by Crippen LogP contribution is 2.25. The van der Waals surface area contributed by atoms with Crippen molar-refractivity contribution in [2.45, 2.75) is 45.6 Å². The maximum absolute atomic E-state index is 12.3. The zero-order chi connectivity index (χ0) is 14.3. The van der Waals surface area contributed by atoms with Gasteiger partial charge in [0.2, 0.25) is 0 Å². The molecule has 1 atom stereocenters. The summed E-state index contributed by atoms with van der Waals surface area (Å²) in [4.78, 5) is 15.3. The van der Waals surface area contributed by atoms with Crippen molar-refractivity contribution in [3.63, 3.8) is 0 Å². The van der Waals surface area contributed by atoms with Crippen molar-refractivity contribution in [1.82, 2.24) is 19.7 Å². The third kappa shape index (κ3) is 2.04. The largest absolute Gasteiger partial charge is 0.325 e. The summed E-state index contributed by atoms with van der Waals surface area (Å²) in [5, 5.41) is 7.08. The lowest BCUT2D eigenvalue weighted by atomic mass is 10.1. The van der Waals surface area contributed by atoms with Crippen LogP contribution in [-0.2, 0) is 12.8 Å². The Hall–Kier alpha value is -1.69. The standard InChI is InChI=1S/C14H18N4OS/c1-3-8(2)18-12(16-17-14(18)20)10-7-9-5-4-6-11(9)15-13(10)19/h7-8H,3-6H2,1-2H3,(H,15,19)(H,17,20). The summed E-state index contributed by atoms with van der Waals surface area (Å²) in [7, 11) is 0. The molecule has 0 saturated carbocycles. The van der Waals surface area contributed by atoms with E-state index in [-0.39, 0.29) is 11.6 Å². The normalized spacial score (nSPS) is 15.3. The van der Waals surface area contributed by atoms with Crippen LogP contribution in [0.1, 0.15) is 44.0 Å². The number of pyridine rings is 1. The second-order valence-corrected chi connectivity index (χ2v) is 5.74. The van der Waals surface area contributed by atoms with Gasteiger partial charge in [0.25, 0.3) is 5.56 Å². The summed E-state index contributed by atoms with van der Waals surface area (Å²) in [6.07, 6.45) is 4.02. The fourth-order valence-electron chi connectivity index (χ4n) is 2.77.